The normalized spacial score (nSPS) is 11.3. The molecule has 0 aliphatic rings. The summed E-state index contributed by atoms with van der Waals surface area (Å²) in [4.78, 5) is 5.58. The maximum absolute atomic E-state index is 4.54. The van der Waals surface area contributed by atoms with Crippen molar-refractivity contribution >= 4 is 22.0 Å². The highest BCUT2D eigenvalue weighted by Crippen LogP contribution is 2.20. The molecule has 3 aromatic heterocycles. The van der Waals surface area contributed by atoms with Crippen molar-refractivity contribution in [3.05, 3.63) is 34.4 Å². The average molecular weight is 261 g/mol. The van der Waals surface area contributed by atoms with Crippen LogP contribution in [0.5, 0.6) is 0 Å². The van der Waals surface area contributed by atoms with E-state index in [4.69, 9.17) is 0 Å². The lowest BCUT2D eigenvalue weighted by atomic mass is 10.3. The van der Waals surface area contributed by atoms with E-state index in [1.165, 1.54) is 5.69 Å². The van der Waals surface area contributed by atoms with Gasteiger partial charge < -0.3 is 5.32 Å². The summed E-state index contributed by atoms with van der Waals surface area (Å²) in [6.07, 6.45) is 2.06. The molecule has 0 radical (unpaired) electrons. The third-order valence-electron chi connectivity index (χ3n) is 3.12. The fourth-order valence-corrected chi connectivity index (χ4v) is 2.92. The molecule has 0 saturated heterocycles. The predicted octanol–water partition coefficient (Wildman–Crippen LogP) is 2.66. The third-order valence-corrected chi connectivity index (χ3v) is 3.88. The van der Waals surface area contributed by atoms with Crippen molar-refractivity contribution in [2.75, 3.05) is 5.32 Å². The minimum atomic E-state index is 0.755. The quantitative estimate of drug-likeness (QED) is 0.762. The number of hydrogen-bond donors (Lipinski definition) is 2. The monoisotopic (exact) mass is 261 g/mol. The van der Waals surface area contributed by atoms with Gasteiger partial charge >= 0.3 is 0 Å². The van der Waals surface area contributed by atoms with Gasteiger partial charge in [0.05, 0.1) is 35.0 Å². The summed E-state index contributed by atoms with van der Waals surface area (Å²) in [7, 11) is 0. The second-order valence-electron chi connectivity index (χ2n) is 4.36. The predicted molar refractivity (Wildman–Crippen MR) is 73.2 cm³/mol. The molecule has 94 valence electrons. The van der Waals surface area contributed by atoms with Gasteiger partial charge in [-0.1, -0.05) is 0 Å². The van der Waals surface area contributed by atoms with Gasteiger partial charge in [0.25, 0.3) is 0 Å². The molecule has 3 aromatic rings. The Morgan fingerprint density at radius 1 is 1.33 bits per heavy atom. The van der Waals surface area contributed by atoms with E-state index in [0.717, 1.165) is 34.3 Å². The highest BCUT2D eigenvalue weighted by atomic mass is 32.1. The number of anilines is 1. The minimum Gasteiger partial charge on any atom is -0.376 e. The van der Waals surface area contributed by atoms with E-state index in [1.54, 1.807) is 11.3 Å². The second kappa shape index (κ2) is 4.13. The number of thiazole rings is 1. The number of nitrogens with one attached hydrogen (secondary N) is 2. The van der Waals surface area contributed by atoms with Gasteiger partial charge in [0.2, 0.25) is 0 Å². The lowest BCUT2D eigenvalue weighted by Gasteiger charge is -2.06. The number of imidazole rings is 1. The van der Waals surface area contributed by atoms with Crippen LogP contribution in [0.2, 0.25) is 0 Å². The number of aryl methyl sites for hydroxylation is 3. The third kappa shape index (κ3) is 1.69. The highest BCUT2D eigenvalue weighted by molar-refractivity contribution is 7.15. The summed E-state index contributed by atoms with van der Waals surface area (Å²) in [6.45, 7) is 6.82. The average Bonchev–Trinajstić information content (AvgIpc) is 2.96. The lowest BCUT2D eigenvalue weighted by Crippen LogP contribution is -2.04. The topological polar surface area (TPSA) is 58.0 Å². The molecule has 0 aromatic carbocycles. The van der Waals surface area contributed by atoms with E-state index in [2.05, 4.69) is 36.5 Å². The highest BCUT2D eigenvalue weighted by Gasteiger charge is 2.11. The first kappa shape index (κ1) is 11.3. The Morgan fingerprint density at radius 2 is 2.17 bits per heavy atom. The molecule has 6 heteroatoms. The van der Waals surface area contributed by atoms with Crippen molar-refractivity contribution in [3.8, 4) is 0 Å². The van der Waals surface area contributed by atoms with Crippen LogP contribution in [0.3, 0.4) is 0 Å². The molecule has 0 bridgehead atoms. The molecule has 5 nitrogen and oxygen atoms in total. The van der Waals surface area contributed by atoms with Crippen molar-refractivity contribution in [2.45, 2.75) is 27.3 Å². The van der Waals surface area contributed by atoms with Crippen LogP contribution in [-0.4, -0.2) is 19.6 Å². The summed E-state index contributed by atoms with van der Waals surface area (Å²) in [5, 5.41) is 12.7. The van der Waals surface area contributed by atoms with Crippen molar-refractivity contribution in [1.82, 2.24) is 19.6 Å². The first-order valence-electron chi connectivity index (χ1n) is 5.83. The maximum atomic E-state index is 4.54. The lowest BCUT2D eigenvalue weighted by molar-refractivity contribution is 0.990. The van der Waals surface area contributed by atoms with Crippen LogP contribution in [0.1, 0.15) is 22.8 Å². The number of H-pyrrole nitrogens is 1. The standard InChI is InChI=1S/C12H15N5S/c1-7-10(17-4-5-18-12(17)14-7)6-13-11-8(2)15-16-9(11)3/h4-5,13H,6H2,1-3H3,(H,15,16). The molecule has 18 heavy (non-hydrogen) atoms. The first-order valence-corrected chi connectivity index (χ1v) is 6.71. The van der Waals surface area contributed by atoms with Crippen molar-refractivity contribution in [2.24, 2.45) is 0 Å². The molecule has 0 saturated carbocycles. The molecule has 2 N–H and O–H groups in total. The van der Waals surface area contributed by atoms with Crippen LogP contribution in [0, 0.1) is 20.8 Å². The molecule has 0 atom stereocenters. The Morgan fingerprint density at radius 3 is 2.89 bits per heavy atom. The summed E-state index contributed by atoms with van der Waals surface area (Å²) in [5.74, 6) is 0. The number of rotatable bonds is 3. The Hall–Kier alpha value is -1.82. The zero-order valence-electron chi connectivity index (χ0n) is 10.6. The van der Waals surface area contributed by atoms with Crippen LogP contribution in [0.25, 0.3) is 4.96 Å². The molecule has 0 fully saturated rings. The first-order chi connectivity index (χ1) is 8.66. The number of aromatic nitrogens is 4. The van der Waals surface area contributed by atoms with E-state index < -0.39 is 0 Å². The molecule has 0 aliphatic heterocycles. The second-order valence-corrected chi connectivity index (χ2v) is 5.24. The van der Waals surface area contributed by atoms with E-state index in [1.807, 2.05) is 20.8 Å². The Bertz CT molecular complexity index is 671. The Labute approximate surface area is 109 Å². The SMILES string of the molecule is Cc1n[nH]c(C)c1NCc1c(C)nc2sccn12. The summed E-state index contributed by atoms with van der Waals surface area (Å²) < 4.78 is 2.14. The molecular weight excluding hydrogens is 246 g/mol. The number of hydrogen-bond acceptors (Lipinski definition) is 4. The fraction of sp³-hybridized carbons (Fsp3) is 0.333. The minimum absolute atomic E-state index is 0.755. The van der Waals surface area contributed by atoms with Gasteiger partial charge in [0.15, 0.2) is 4.96 Å². The molecular formula is C12H15N5S. The smallest absolute Gasteiger partial charge is 0.194 e. The summed E-state index contributed by atoms with van der Waals surface area (Å²) in [6, 6.07) is 0. The van der Waals surface area contributed by atoms with E-state index in [-0.39, 0.29) is 0 Å². The molecule has 0 amide bonds. The van der Waals surface area contributed by atoms with Gasteiger partial charge in [0, 0.05) is 11.6 Å². The zero-order chi connectivity index (χ0) is 12.7. The molecule has 3 rings (SSSR count). The number of fused-ring (bicyclic) bond motifs is 1. The van der Waals surface area contributed by atoms with Crippen LogP contribution >= 0.6 is 11.3 Å². The summed E-state index contributed by atoms with van der Waals surface area (Å²) >= 11 is 1.66. The van der Waals surface area contributed by atoms with Gasteiger partial charge in [-0.3, -0.25) is 9.50 Å². The molecule has 0 aliphatic carbocycles. The van der Waals surface area contributed by atoms with Gasteiger partial charge in [-0.05, 0) is 20.8 Å². The van der Waals surface area contributed by atoms with Crippen LogP contribution in [0.4, 0.5) is 5.69 Å². The van der Waals surface area contributed by atoms with Crippen LogP contribution in [0.15, 0.2) is 11.6 Å². The maximum Gasteiger partial charge on any atom is 0.194 e. The molecule has 3 heterocycles. The Kier molecular flexibility index (Phi) is 2.59. The molecule has 0 spiro atoms. The van der Waals surface area contributed by atoms with Crippen LogP contribution < -0.4 is 5.32 Å². The van der Waals surface area contributed by atoms with E-state index >= 15 is 0 Å². The Balaban J connectivity index is 1.89. The zero-order valence-corrected chi connectivity index (χ0v) is 11.4. The van der Waals surface area contributed by atoms with E-state index in [9.17, 15) is 0 Å². The van der Waals surface area contributed by atoms with Gasteiger partial charge in [-0.2, -0.15) is 5.10 Å². The van der Waals surface area contributed by atoms with Gasteiger partial charge in [-0.15, -0.1) is 11.3 Å². The van der Waals surface area contributed by atoms with Crippen LogP contribution in [-0.2, 0) is 6.54 Å². The van der Waals surface area contributed by atoms with Gasteiger partial charge in [0.1, 0.15) is 0 Å². The largest absolute Gasteiger partial charge is 0.376 e. The summed E-state index contributed by atoms with van der Waals surface area (Å²) in [5.41, 5.74) is 5.42. The number of aromatic amines is 1. The molecule has 0 unspecified atom stereocenters. The van der Waals surface area contributed by atoms with Gasteiger partial charge in [-0.25, -0.2) is 4.98 Å². The van der Waals surface area contributed by atoms with E-state index in [0.29, 0.717) is 0 Å². The van der Waals surface area contributed by atoms with Crippen molar-refractivity contribution in [3.63, 3.8) is 0 Å². The van der Waals surface area contributed by atoms with Crippen molar-refractivity contribution < 1.29 is 0 Å². The van der Waals surface area contributed by atoms with Crippen molar-refractivity contribution in [1.29, 1.82) is 0 Å². The number of nitrogens with zero attached hydrogens (tertiary/aromatic N) is 3. The fourth-order valence-electron chi connectivity index (χ4n) is 2.14.